The zero-order valence-corrected chi connectivity index (χ0v) is 11.0. The first-order chi connectivity index (χ1) is 9.13. The first-order valence-electron chi connectivity index (χ1n) is 6.19. The lowest BCUT2D eigenvalue weighted by atomic mass is 9.98. The molecule has 0 aliphatic rings. The molecule has 0 saturated heterocycles. The van der Waals surface area contributed by atoms with Gasteiger partial charge in [-0.05, 0) is 43.2 Å². The molecule has 0 radical (unpaired) electrons. The molecule has 0 spiro atoms. The molecule has 3 heteroatoms. The number of benzene rings is 2. The molecule has 3 nitrogen and oxygen atoms in total. The molecule has 0 saturated carbocycles. The number of para-hydroxylation sites is 1. The molecular formula is C16H16O3. The van der Waals surface area contributed by atoms with Gasteiger partial charge in [-0.25, -0.2) is 4.79 Å². The summed E-state index contributed by atoms with van der Waals surface area (Å²) < 4.78 is 4.96. The van der Waals surface area contributed by atoms with Crippen molar-refractivity contribution in [2.45, 2.75) is 13.8 Å². The number of hydrogen-bond acceptors (Lipinski definition) is 3. The normalized spacial score (nSPS) is 10.2. The van der Waals surface area contributed by atoms with E-state index in [1.165, 1.54) is 0 Å². The van der Waals surface area contributed by atoms with Crippen molar-refractivity contribution in [3.05, 3.63) is 53.6 Å². The van der Waals surface area contributed by atoms with E-state index in [1.807, 2.05) is 25.1 Å². The molecule has 0 fully saturated rings. The Morgan fingerprint density at radius 1 is 1.16 bits per heavy atom. The summed E-state index contributed by atoms with van der Waals surface area (Å²) in [6.07, 6.45) is 0. The lowest BCUT2D eigenvalue weighted by Crippen LogP contribution is -2.04. The zero-order valence-electron chi connectivity index (χ0n) is 11.0. The van der Waals surface area contributed by atoms with Crippen molar-refractivity contribution in [1.82, 2.24) is 0 Å². The van der Waals surface area contributed by atoms with Crippen LogP contribution < -0.4 is 0 Å². The number of aryl methyl sites for hydroxylation is 1. The van der Waals surface area contributed by atoms with Gasteiger partial charge in [0.15, 0.2) is 0 Å². The maximum Gasteiger partial charge on any atom is 0.338 e. The molecule has 0 aromatic heterocycles. The molecule has 2 aromatic rings. The van der Waals surface area contributed by atoms with Crippen LogP contribution in [0.15, 0.2) is 42.5 Å². The number of phenols is 1. The predicted molar refractivity (Wildman–Crippen MR) is 74.2 cm³/mol. The molecule has 0 bridgehead atoms. The smallest absolute Gasteiger partial charge is 0.338 e. The Bertz CT molecular complexity index is 603. The van der Waals surface area contributed by atoms with Gasteiger partial charge in [0.1, 0.15) is 5.75 Å². The van der Waals surface area contributed by atoms with Gasteiger partial charge in [-0.1, -0.05) is 24.3 Å². The number of ether oxygens (including phenoxy) is 1. The summed E-state index contributed by atoms with van der Waals surface area (Å²) in [6, 6.07) is 12.5. The highest BCUT2D eigenvalue weighted by molar-refractivity contribution is 5.90. The maximum absolute atomic E-state index is 11.6. The van der Waals surface area contributed by atoms with E-state index in [9.17, 15) is 9.90 Å². The second-order valence-electron chi connectivity index (χ2n) is 4.27. The van der Waals surface area contributed by atoms with Crippen molar-refractivity contribution >= 4 is 5.97 Å². The molecule has 2 aromatic carbocycles. The Kier molecular flexibility index (Phi) is 3.85. The Balaban J connectivity index is 2.40. The molecule has 0 aliphatic carbocycles. The van der Waals surface area contributed by atoms with Gasteiger partial charge in [0.05, 0.1) is 12.2 Å². The Hall–Kier alpha value is -2.29. The maximum atomic E-state index is 11.6. The van der Waals surface area contributed by atoms with Crippen molar-refractivity contribution in [2.24, 2.45) is 0 Å². The van der Waals surface area contributed by atoms with Crippen molar-refractivity contribution in [1.29, 1.82) is 0 Å². The third-order valence-electron chi connectivity index (χ3n) is 2.93. The highest BCUT2D eigenvalue weighted by Crippen LogP contribution is 2.31. The number of carbonyl (C=O) groups is 1. The number of rotatable bonds is 3. The average Bonchev–Trinajstić information content (AvgIpc) is 2.40. The predicted octanol–water partition coefficient (Wildman–Crippen LogP) is 3.54. The minimum atomic E-state index is -0.325. The minimum absolute atomic E-state index is 0.231. The van der Waals surface area contributed by atoms with Gasteiger partial charge in [0, 0.05) is 5.56 Å². The van der Waals surface area contributed by atoms with Gasteiger partial charge in [0.2, 0.25) is 0 Å². The quantitative estimate of drug-likeness (QED) is 0.854. The van der Waals surface area contributed by atoms with E-state index in [-0.39, 0.29) is 11.7 Å². The summed E-state index contributed by atoms with van der Waals surface area (Å²) in [6.45, 7) is 4.05. The average molecular weight is 256 g/mol. The molecular weight excluding hydrogens is 240 g/mol. The van der Waals surface area contributed by atoms with Gasteiger partial charge in [-0.15, -0.1) is 0 Å². The van der Waals surface area contributed by atoms with Crippen LogP contribution in [0.3, 0.4) is 0 Å². The van der Waals surface area contributed by atoms with Crippen LogP contribution in [-0.2, 0) is 4.74 Å². The van der Waals surface area contributed by atoms with Gasteiger partial charge < -0.3 is 9.84 Å². The molecule has 0 unspecified atom stereocenters. The molecule has 0 aliphatic heterocycles. The summed E-state index contributed by atoms with van der Waals surface area (Å²) in [4.78, 5) is 11.6. The summed E-state index contributed by atoms with van der Waals surface area (Å²) in [5.74, 6) is -0.0936. The fourth-order valence-corrected chi connectivity index (χ4v) is 2.01. The van der Waals surface area contributed by atoms with Crippen LogP contribution in [0.1, 0.15) is 22.8 Å². The summed E-state index contributed by atoms with van der Waals surface area (Å²) in [5, 5.41) is 9.86. The van der Waals surface area contributed by atoms with E-state index in [0.717, 1.165) is 16.7 Å². The first kappa shape index (κ1) is 13.1. The largest absolute Gasteiger partial charge is 0.507 e. The molecule has 0 heterocycles. The van der Waals surface area contributed by atoms with Crippen molar-refractivity contribution in [2.75, 3.05) is 6.61 Å². The van der Waals surface area contributed by atoms with Crippen LogP contribution in [0, 0.1) is 6.92 Å². The summed E-state index contributed by atoms with van der Waals surface area (Å²) in [5.41, 5.74) is 3.12. The van der Waals surface area contributed by atoms with Crippen LogP contribution in [0.4, 0.5) is 0 Å². The topological polar surface area (TPSA) is 46.5 Å². The van der Waals surface area contributed by atoms with Gasteiger partial charge in [0.25, 0.3) is 0 Å². The van der Waals surface area contributed by atoms with Gasteiger partial charge in [-0.3, -0.25) is 0 Å². The molecule has 1 N–H and O–H groups in total. The second kappa shape index (κ2) is 5.57. The van der Waals surface area contributed by atoms with E-state index in [4.69, 9.17) is 4.74 Å². The highest BCUT2D eigenvalue weighted by atomic mass is 16.5. The Labute approximate surface area is 112 Å². The SMILES string of the molecule is CCOC(=O)c1ccc(-c2ccccc2O)c(C)c1. The molecule has 0 atom stereocenters. The number of carbonyl (C=O) groups excluding carboxylic acids is 1. The summed E-state index contributed by atoms with van der Waals surface area (Å²) in [7, 11) is 0. The van der Waals surface area contributed by atoms with E-state index in [1.54, 1.807) is 31.2 Å². The van der Waals surface area contributed by atoms with Crippen molar-refractivity contribution in [3.8, 4) is 16.9 Å². The molecule has 0 amide bonds. The van der Waals surface area contributed by atoms with Crippen molar-refractivity contribution in [3.63, 3.8) is 0 Å². The fraction of sp³-hybridized carbons (Fsp3) is 0.188. The highest BCUT2D eigenvalue weighted by Gasteiger charge is 2.11. The Morgan fingerprint density at radius 3 is 2.53 bits per heavy atom. The Morgan fingerprint density at radius 2 is 1.89 bits per heavy atom. The third-order valence-corrected chi connectivity index (χ3v) is 2.93. The van der Waals surface area contributed by atoms with Crippen LogP contribution in [0.2, 0.25) is 0 Å². The zero-order chi connectivity index (χ0) is 13.8. The van der Waals surface area contributed by atoms with Gasteiger partial charge in [-0.2, -0.15) is 0 Å². The van der Waals surface area contributed by atoms with E-state index in [2.05, 4.69) is 0 Å². The summed E-state index contributed by atoms with van der Waals surface area (Å²) >= 11 is 0. The lowest BCUT2D eigenvalue weighted by molar-refractivity contribution is 0.0526. The number of aromatic hydroxyl groups is 1. The number of hydrogen-bond donors (Lipinski definition) is 1. The molecule has 2 rings (SSSR count). The van der Waals surface area contributed by atoms with Crippen LogP contribution >= 0.6 is 0 Å². The van der Waals surface area contributed by atoms with Crippen LogP contribution in [0.25, 0.3) is 11.1 Å². The second-order valence-corrected chi connectivity index (χ2v) is 4.27. The van der Waals surface area contributed by atoms with E-state index >= 15 is 0 Å². The van der Waals surface area contributed by atoms with Crippen molar-refractivity contribution < 1.29 is 14.6 Å². The number of phenolic OH excluding ortho intramolecular Hbond substituents is 1. The molecule has 19 heavy (non-hydrogen) atoms. The third kappa shape index (κ3) is 2.76. The number of esters is 1. The van der Waals surface area contributed by atoms with E-state index < -0.39 is 0 Å². The standard InChI is InChI=1S/C16H16O3/c1-3-19-16(18)12-8-9-13(11(2)10-12)14-6-4-5-7-15(14)17/h4-10,17H,3H2,1-2H3. The lowest BCUT2D eigenvalue weighted by Gasteiger charge is -2.10. The fourth-order valence-electron chi connectivity index (χ4n) is 2.01. The first-order valence-corrected chi connectivity index (χ1v) is 6.19. The van der Waals surface area contributed by atoms with E-state index in [0.29, 0.717) is 12.2 Å². The van der Waals surface area contributed by atoms with Crippen LogP contribution in [-0.4, -0.2) is 17.7 Å². The van der Waals surface area contributed by atoms with Crippen LogP contribution in [0.5, 0.6) is 5.75 Å². The molecule has 98 valence electrons. The monoisotopic (exact) mass is 256 g/mol. The van der Waals surface area contributed by atoms with Gasteiger partial charge >= 0.3 is 5.97 Å². The minimum Gasteiger partial charge on any atom is -0.507 e.